The Morgan fingerprint density at radius 3 is 2.50 bits per heavy atom. The van der Waals surface area contributed by atoms with Gasteiger partial charge in [0, 0.05) is 30.0 Å². The van der Waals surface area contributed by atoms with Gasteiger partial charge < -0.3 is 16.8 Å². The highest BCUT2D eigenvalue weighted by Gasteiger charge is 2.09. The molecule has 0 bridgehead atoms. The van der Waals surface area contributed by atoms with Gasteiger partial charge in [-0.3, -0.25) is 0 Å². The molecule has 0 saturated heterocycles. The SMILES string of the molecule is Nc1ccc(N)c(-c2cscc2CNCc2ccccc2)c1. The van der Waals surface area contributed by atoms with Gasteiger partial charge in [0.2, 0.25) is 0 Å². The minimum atomic E-state index is 0.735. The molecule has 3 aromatic rings. The first kappa shape index (κ1) is 14.6. The Morgan fingerprint density at radius 1 is 0.864 bits per heavy atom. The van der Waals surface area contributed by atoms with Crippen LogP contribution in [0.5, 0.6) is 0 Å². The summed E-state index contributed by atoms with van der Waals surface area (Å²) >= 11 is 1.69. The molecule has 0 unspecified atom stereocenters. The monoisotopic (exact) mass is 309 g/mol. The Labute approximate surface area is 134 Å². The molecule has 0 saturated carbocycles. The summed E-state index contributed by atoms with van der Waals surface area (Å²) in [6, 6.07) is 16.0. The Balaban J connectivity index is 1.74. The largest absolute Gasteiger partial charge is 0.399 e. The van der Waals surface area contributed by atoms with E-state index in [4.69, 9.17) is 11.5 Å². The lowest BCUT2D eigenvalue weighted by atomic mass is 10.0. The fourth-order valence-corrected chi connectivity index (χ4v) is 3.30. The first-order chi connectivity index (χ1) is 10.7. The zero-order chi connectivity index (χ0) is 15.4. The fraction of sp³-hybridized carbons (Fsp3) is 0.111. The van der Waals surface area contributed by atoms with Crippen molar-refractivity contribution in [1.29, 1.82) is 0 Å². The second-order valence-electron chi connectivity index (χ2n) is 5.25. The molecule has 0 aliphatic rings. The number of nitrogens with two attached hydrogens (primary N) is 2. The van der Waals surface area contributed by atoms with Crippen molar-refractivity contribution in [3.63, 3.8) is 0 Å². The highest BCUT2D eigenvalue weighted by molar-refractivity contribution is 7.08. The van der Waals surface area contributed by atoms with E-state index in [2.05, 4.69) is 40.3 Å². The van der Waals surface area contributed by atoms with Gasteiger partial charge in [-0.1, -0.05) is 30.3 Å². The first-order valence-corrected chi connectivity index (χ1v) is 8.13. The second kappa shape index (κ2) is 6.64. The third-order valence-electron chi connectivity index (χ3n) is 3.60. The van der Waals surface area contributed by atoms with Crippen molar-refractivity contribution in [3.8, 4) is 11.1 Å². The molecule has 0 aliphatic carbocycles. The van der Waals surface area contributed by atoms with Crippen LogP contribution in [0.1, 0.15) is 11.1 Å². The van der Waals surface area contributed by atoms with E-state index in [0.717, 1.165) is 35.6 Å². The van der Waals surface area contributed by atoms with E-state index in [1.54, 1.807) is 11.3 Å². The van der Waals surface area contributed by atoms with Crippen LogP contribution in [0.2, 0.25) is 0 Å². The van der Waals surface area contributed by atoms with Crippen LogP contribution in [-0.4, -0.2) is 0 Å². The zero-order valence-corrected chi connectivity index (χ0v) is 13.1. The fourth-order valence-electron chi connectivity index (χ4n) is 2.44. The quantitative estimate of drug-likeness (QED) is 0.627. The van der Waals surface area contributed by atoms with Gasteiger partial charge in [-0.25, -0.2) is 0 Å². The van der Waals surface area contributed by atoms with Crippen molar-refractivity contribution in [1.82, 2.24) is 5.32 Å². The molecule has 0 fully saturated rings. The van der Waals surface area contributed by atoms with E-state index in [0.29, 0.717) is 0 Å². The van der Waals surface area contributed by atoms with E-state index in [-0.39, 0.29) is 0 Å². The summed E-state index contributed by atoms with van der Waals surface area (Å²) in [5.74, 6) is 0. The van der Waals surface area contributed by atoms with E-state index in [1.165, 1.54) is 11.1 Å². The van der Waals surface area contributed by atoms with Crippen LogP contribution in [0.3, 0.4) is 0 Å². The predicted molar refractivity (Wildman–Crippen MR) is 95.6 cm³/mol. The molecule has 2 aromatic carbocycles. The number of nitrogen functional groups attached to an aromatic ring is 2. The van der Waals surface area contributed by atoms with Gasteiger partial charge in [0.05, 0.1) is 0 Å². The summed E-state index contributed by atoms with van der Waals surface area (Å²) in [6.07, 6.45) is 0. The summed E-state index contributed by atoms with van der Waals surface area (Å²) in [4.78, 5) is 0. The van der Waals surface area contributed by atoms with Crippen LogP contribution in [-0.2, 0) is 13.1 Å². The molecule has 0 radical (unpaired) electrons. The summed E-state index contributed by atoms with van der Waals surface area (Å²) in [5.41, 5.74) is 18.2. The predicted octanol–water partition coefficient (Wildman–Crippen LogP) is 3.87. The molecule has 1 aromatic heterocycles. The minimum Gasteiger partial charge on any atom is -0.399 e. The molecule has 112 valence electrons. The van der Waals surface area contributed by atoms with Crippen LogP contribution in [0.25, 0.3) is 11.1 Å². The standard InChI is InChI=1S/C18H19N3S/c19-15-6-7-18(20)16(8-15)17-12-22-11-14(17)10-21-9-13-4-2-1-3-5-13/h1-8,11-12,21H,9-10,19-20H2. The van der Waals surface area contributed by atoms with Crippen molar-refractivity contribution >= 4 is 22.7 Å². The van der Waals surface area contributed by atoms with Crippen molar-refractivity contribution in [2.24, 2.45) is 0 Å². The molecule has 1 heterocycles. The summed E-state index contributed by atoms with van der Waals surface area (Å²) in [5, 5.41) is 7.78. The highest BCUT2D eigenvalue weighted by Crippen LogP contribution is 2.33. The summed E-state index contributed by atoms with van der Waals surface area (Å²) in [7, 11) is 0. The lowest BCUT2D eigenvalue weighted by Crippen LogP contribution is -2.12. The molecule has 0 amide bonds. The number of nitrogens with one attached hydrogen (secondary N) is 1. The van der Waals surface area contributed by atoms with Crippen molar-refractivity contribution < 1.29 is 0 Å². The number of rotatable bonds is 5. The number of benzene rings is 2. The van der Waals surface area contributed by atoms with Crippen LogP contribution in [0.15, 0.2) is 59.3 Å². The van der Waals surface area contributed by atoms with Gasteiger partial charge in [-0.2, -0.15) is 11.3 Å². The number of thiophene rings is 1. The molecule has 0 atom stereocenters. The third-order valence-corrected chi connectivity index (χ3v) is 4.39. The molecular weight excluding hydrogens is 290 g/mol. The number of hydrogen-bond acceptors (Lipinski definition) is 4. The number of hydrogen-bond donors (Lipinski definition) is 3. The Kier molecular flexibility index (Phi) is 4.42. The van der Waals surface area contributed by atoms with Crippen molar-refractivity contribution in [2.45, 2.75) is 13.1 Å². The zero-order valence-electron chi connectivity index (χ0n) is 12.3. The van der Waals surface area contributed by atoms with Gasteiger partial charge in [0.25, 0.3) is 0 Å². The van der Waals surface area contributed by atoms with Gasteiger partial charge >= 0.3 is 0 Å². The van der Waals surface area contributed by atoms with E-state index in [1.807, 2.05) is 24.3 Å². The van der Waals surface area contributed by atoms with Crippen LogP contribution in [0, 0.1) is 0 Å². The highest BCUT2D eigenvalue weighted by atomic mass is 32.1. The average Bonchev–Trinajstić information content (AvgIpc) is 2.99. The Morgan fingerprint density at radius 2 is 1.68 bits per heavy atom. The van der Waals surface area contributed by atoms with Crippen LogP contribution >= 0.6 is 11.3 Å². The Hall–Kier alpha value is -2.30. The van der Waals surface area contributed by atoms with Gasteiger partial charge in [-0.15, -0.1) is 0 Å². The minimum absolute atomic E-state index is 0.735. The lowest BCUT2D eigenvalue weighted by molar-refractivity contribution is 0.696. The normalized spacial score (nSPS) is 10.7. The lowest BCUT2D eigenvalue weighted by Gasteiger charge is -2.10. The maximum atomic E-state index is 6.10. The molecule has 0 spiro atoms. The molecule has 22 heavy (non-hydrogen) atoms. The van der Waals surface area contributed by atoms with E-state index in [9.17, 15) is 0 Å². The van der Waals surface area contributed by atoms with Gasteiger partial charge in [0.15, 0.2) is 0 Å². The average molecular weight is 309 g/mol. The molecule has 3 rings (SSSR count). The molecular formula is C18H19N3S. The second-order valence-corrected chi connectivity index (χ2v) is 5.99. The maximum absolute atomic E-state index is 6.10. The molecule has 4 heteroatoms. The topological polar surface area (TPSA) is 64.1 Å². The van der Waals surface area contributed by atoms with Crippen LogP contribution in [0.4, 0.5) is 11.4 Å². The molecule has 3 nitrogen and oxygen atoms in total. The Bertz CT molecular complexity index is 750. The van der Waals surface area contributed by atoms with Gasteiger partial charge in [0.1, 0.15) is 0 Å². The first-order valence-electron chi connectivity index (χ1n) is 7.19. The summed E-state index contributed by atoms with van der Waals surface area (Å²) in [6.45, 7) is 1.66. The number of anilines is 2. The van der Waals surface area contributed by atoms with Gasteiger partial charge in [-0.05, 0) is 45.6 Å². The van der Waals surface area contributed by atoms with Crippen molar-refractivity contribution in [2.75, 3.05) is 11.5 Å². The van der Waals surface area contributed by atoms with Crippen LogP contribution < -0.4 is 16.8 Å². The third kappa shape index (κ3) is 3.30. The van der Waals surface area contributed by atoms with Crippen molar-refractivity contribution in [3.05, 3.63) is 70.4 Å². The molecule has 5 N–H and O–H groups in total. The van der Waals surface area contributed by atoms with E-state index >= 15 is 0 Å². The smallest absolute Gasteiger partial charge is 0.0395 e. The molecule has 0 aliphatic heterocycles. The maximum Gasteiger partial charge on any atom is 0.0395 e. The summed E-state index contributed by atoms with van der Waals surface area (Å²) < 4.78 is 0. The van der Waals surface area contributed by atoms with E-state index < -0.39 is 0 Å².